The molecule has 0 aliphatic carbocycles. The van der Waals surface area contributed by atoms with E-state index in [4.69, 9.17) is 17.3 Å². The predicted molar refractivity (Wildman–Crippen MR) is 81.0 cm³/mol. The van der Waals surface area contributed by atoms with Crippen LogP contribution in [0.4, 0.5) is 5.69 Å². The summed E-state index contributed by atoms with van der Waals surface area (Å²) in [6.07, 6.45) is 1.45. The molecule has 1 rings (SSSR count). The molecule has 0 aromatic heterocycles. The highest BCUT2D eigenvalue weighted by Crippen LogP contribution is 2.21. The van der Waals surface area contributed by atoms with E-state index in [0.29, 0.717) is 22.7 Å². The zero-order valence-corrected chi connectivity index (χ0v) is 12.7. The van der Waals surface area contributed by atoms with Gasteiger partial charge in [0.15, 0.2) is 0 Å². The van der Waals surface area contributed by atoms with Crippen molar-refractivity contribution < 1.29 is 9.59 Å². The number of amides is 2. The number of hydrogen-bond donors (Lipinski definition) is 2. The zero-order valence-electron chi connectivity index (χ0n) is 11.9. The molecular weight excluding hydrogens is 278 g/mol. The lowest BCUT2D eigenvalue weighted by Crippen LogP contribution is -2.35. The fraction of sp³-hybridized carbons (Fsp3) is 0.429. The van der Waals surface area contributed by atoms with Gasteiger partial charge in [-0.15, -0.1) is 0 Å². The molecule has 0 heterocycles. The number of carbonyl (C=O) groups is 2. The summed E-state index contributed by atoms with van der Waals surface area (Å²) in [6.45, 7) is 1.96. The largest absolute Gasteiger partial charge is 0.345 e. The molecule has 2 amide bonds. The molecule has 0 unspecified atom stereocenters. The second kappa shape index (κ2) is 7.26. The van der Waals surface area contributed by atoms with E-state index in [1.165, 1.54) is 4.90 Å². The van der Waals surface area contributed by atoms with E-state index in [2.05, 4.69) is 5.32 Å². The molecule has 0 aliphatic heterocycles. The monoisotopic (exact) mass is 297 g/mol. The van der Waals surface area contributed by atoms with Crippen LogP contribution < -0.4 is 11.1 Å². The molecule has 1 aromatic rings. The Balaban J connectivity index is 2.90. The highest BCUT2D eigenvalue weighted by atomic mass is 35.5. The SMILES string of the molecule is CCC[C@@H](N)C(=O)Nc1ccc(Cl)c(C(=O)N(C)C)c1. The first-order valence-corrected chi connectivity index (χ1v) is 6.82. The second-order valence-electron chi connectivity index (χ2n) is 4.78. The lowest BCUT2D eigenvalue weighted by molar-refractivity contribution is -0.117. The van der Waals surface area contributed by atoms with Gasteiger partial charge in [0.05, 0.1) is 16.6 Å². The minimum Gasteiger partial charge on any atom is -0.345 e. The third-order valence-corrected chi connectivity index (χ3v) is 3.14. The maximum atomic E-state index is 11.9. The summed E-state index contributed by atoms with van der Waals surface area (Å²) < 4.78 is 0. The molecule has 0 aliphatic rings. The van der Waals surface area contributed by atoms with Crippen molar-refractivity contribution in [2.75, 3.05) is 19.4 Å². The molecule has 0 radical (unpaired) electrons. The molecule has 3 N–H and O–H groups in total. The average molecular weight is 298 g/mol. The topological polar surface area (TPSA) is 75.4 Å². The van der Waals surface area contributed by atoms with Gasteiger partial charge in [0, 0.05) is 19.8 Å². The molecule has 0 saturated heterocycles. The first-order valence-electron chi connectivity index (χ1n) is 6.44. The summed E-state index contributed by atoms with van der Waals surface area (Å²) in [7, 11) is 3.28. The Bertz CT molecular complexity index is 503. The molecule has 6 heteroatoms. The third kappa shape index (κ3) is 4.21. The Labute approximate surface area is 124 Å². The van der Waals surface area contributed by atoms with Gasteiger partial charge in [-0.05, 0) is 24.6 Å². The maximum absolute atomic E-state index is 11.9. The highest BCUT2D eigenvalue weighted by molar-refractivity contribution is 6.34. The van der Waals surface area contributed by atoms with Gasteiger partial charge in [0.1, 0.15) is 0 Å². The molecule has 110 valence electrons. The summed E-state index contributed by atoms with van der Waals surface area (Å²) in [5.74, 6) is -0.485. The van der Waals surface area contributed by atoms with Gasteiger partial charge in [-0.2, -0.15) is 0 Å². The van der Waals surface area contributed by atoms with Gasteiger partial charge in [-0.25, -0.2) is 0 Å². The van der Waals surface area contributed by atoms with Crippen LogP contribution >= 0.6 is 11.6 Å². The van der Waals surface area contributed by atoms with Crippen LogP contribution in [0.25, 0.3) is 0 Å². The van der Waals surface area contributed by atoms with Gasteiger partial charge in [0.2, 0.25) is 5.91 Å². The number of benzene rings is 1. The Morgan fingerprint density at radius 3 is 2.60 bits per heavy atom. The number of rotatable bonds is 5. The number of carbonyl (C=O) groups excluding carboxylic acids is 2. The maximum Gasteiger partial charge on any atom is 0.254 e. The van der Waals surface area contributed by atoms with E-state index < -0.39 is 6.04 Å². The first-order chi connectivity index (χ1) is 9.36. The zero-order chi connectivity index (χ0) is 15.3. The second-order valence-corrected chi connectivity index (χ2v) is 5.19. The highest BCUT2D eigenvalue weighted by Gasteiger charge is 2.16. The minimum atomic E-state index is -0.552. The van der Waals surface area contributed by atoms with Crippen molar-refractivity contribution in [1.82, 2.24) is 4.90 Å². The van der Waals surface area contributed by atoms with E-state index >= 15 is 0 Å². The van der Waals surface area contributed by atoms with E-state index in [1.54, 1.807) is 32.3 Å². The molecular formula is C14H20ClN3O2. The van der Waals surface area contributed by atoms with Crippen LogP contribution in [0.15, 0.2) is 18.2 Å². The van der Waals surface area contributed by atoms with E-state index in [0.717, 1.165) is 6.42 Å². The van der Waals surface area contributed by atoms with E-state index in [9.17, 15) is 9.59 Å². The molecule has 1 atom stereocenters. The normalized spacial score (nSPS) is 11.8. The number of nitrogens with two attached hydrogens (primary N) is 1. The number of hydrogen-bond acceptors (Lipinski definition) is 3. The number of anilines is 1. The van der Waals surface area contributed by atoms with Crippen molar-refractivity contribution >= 4 is 29.1 Å². The summed E-state index contributed by atoms with van der Waals surface area (Å²) in [5, 5.41) is 3.04. The lowest BCUT2D eigenvalue weighted by atomic mass is 10.1. The van der Waals surface area contributed by atoms with Crippen LogP contribution in [0.2, 0.25) is 5.02 Å². The number of nitrogens with zero attached hydrogens (tertiary/aromatic N) is 1. The van der Waals surface area contributed by atoms with Crippen molar-refractivity contribution in [2.24, 2.45) is 5.73 Å². The summed E-state index contributed by atoms with van der Waals surface area (Å²) in [4.78, 5) is 25.2. The molecule has 0 fully saturated rings. The Kier molecular flexibility index (Phi) is 5.98. The quantitative estimate of drug-likeness (QED) is 0.874. The Morgan fingerprint density at radius 1 is 1.40 bits per heavy atom. The standard InChI is InChI=1S/C14H20ClN3O2/c1-4-5-12(16)13(19)17-9-6-7-11(15)10(8-9)14(20)18(2)3/h6-8,12H,4-5,16H2,1-3H3,(H,17,19)/t12-/m1/s1. The molecule has 0 bridgehead atoms. The molecule has 0 spiro atoms. The average Bonchev–Trinajstić information content (AvgIpc) is 2.40. The van der Waals surface area contributed by atoms with Crippen molar-refractivity contribution in [2.45, 2.75) is 25.8 Å². The van der Waals surface area contributed by atoms with Crippen molar-refractivity contribution in [3.63, 3.8) is 0 Å². The molecule has 1 aromatic carbocycles. The fourth-order valence-corrected chi connectivity index (χ4v) is 1.88. The minimum absolute atomic E-state index is 0.219. The fourth-order valence-electron chi connectivity index (χ4n) is 1.68. The van der Waals surface area contributed by atoms with Crippen LogP contribution in [-0.4, -0.2) is 36.9 Å². The van der Waals surface area contributed by atoms with E-state index in [1.807, 2.05) is 6.92 Å². The van der Waals surface area contributed by atoms with Gasteiger partial charge >= 0.3 is 0 Å². The Hall–Kier alpha value is -1.59. The molecule has 5 nitrogen and oxygen atoms in total. The van der Waals surface area contributed by atoms with Gasteiger partial charge in [-0.1, -0.05) is 24.9 Å². The van der Waals surface area contributed by atoms with Gasteiger partial charge in [-0.3, -0.25) is 9.59 Å². The molecule has 20 heavy (non-hydrogen) atoms. The van der Waals surface area contributed by atoms with Crippen LogP contribution in [0.1, 0.15) is 30.1 Å². The third-order valence-electron chi connectivity index (χ3n) is 2.81. The first kappa shape index (κ1) is 16.5. The van der Waals surface area contributed by atoms with Crippen molar-refractivity contribution in [3.8, 4) is 0 Å². The smallest absolute Gasteiger partial charge is 0.254 e. The summed E-state index contributed by atoms with van der Waals surface area (Å²) >= 11 is 6.00. The lowest BCUT2D eigenvalue weighted by Gasteiger charge is -2.14. The van der Waals surface area contributed by atoms with Crippen molar-refractivity contribution in [3.05, 3.63) is 28.8 Å². The summed E-state index contributed by atoms with van der Waals surface area (Å²) in [6, 6.07) is 4.23. The van der Waals surface area contributed by atoms with Crippen molar-refractivity contribution in [1.29, 1.82) is 0 Å². The van der Waals surface area contributed by atoms with Gasteiger partial charge < -0.3 is 16.0 Å². The van der Waals surface area contributed by atoms with Crippen LogP contribution in [0.3, 0.4) is 0 Å². The number of halogens is 1. The van der Waals surface area contributed by atoms with Crippen LogP contribution in [-0.2, 0) is 4.79 Å². The molecule has 0 saturated carbocycles. The predicted octanol–water partition coefficient (Wildman–Crippen LogP) is 2.11. The van der Waals surface area contributed by atoms with Gasteiger partial charge in [0.25, 0.3) is 5.91 Å². The van der Waals surface area contributed by atoms with E-state index in [-0.39, 0.29) is 11.8 Å². The number of nitrogens with one attached hydrogen (secondary N) is 1. The van der Waals surface area contributed by atoms with Crippen LogP contribution in [0, 0.1) is 0 Å². The Morgan fingerprint density at radius 2 is 2.05 bits per heavy atom. The summed E-state index contributed by atoms with van der Waals surface area (Å²) in [5.41, 5.74) is 6.59. The van der Waals surface area contributed by atoms with Crippen LogP contribution in [0.5, 0.6) is 0 Å².